The molecule has 0 saturated carbocycles. The SMILES string of the molecule is Brc1c[nH]c2cnccc12.CC(C)(C)OC(=O)C1C=C(Br)c2ccncc21.Cc1cn(C(=O)OC(C)(C)C)c2ncccc12. The third-order valence-electron chi connectivity index (χ3n) is 6.20. The van der Waals surface area contributed by atoms with Crippen molar-refractivity contribution in [2.75, 3.05) is 0 Å². The Kier molecular flexibility index (Phi) is 10.1. The summed E-state index contributed by atoms with van der Waals surface area (Å²) in [7, 11) is 0. The van der Waals surface area contributed by atoms with Crippen molar-refractivity contribution < 1.29 is 19.1 Å². The first kappa shape index (κ1) is 33.1. The van der Waals surface area contributed by atoms with E-state index in [1.165, 1.54) is 9.95 Å². The van der Waals surface area contributed by atoms with Crippen molar-refractivity contribution in [3.05, 3.63) is 94.9 Å². The number of aryl methyl sites for hydroxylation is 1. The second-order valence-corrected chi connectivity index (χ2v) is 13.8. The standard InChI is InChI=1S/C13H14BrNO2.C13H16N2O2.C7H5BrN2/c1-13(2,3)17-12(16)9-6-11(14)8-4-5-15-7-10(8)9;1-9-8-15(12(16)17-13(2,3)4)11-10(9)6-5-7-14-11;8-6-3-10-7-4-9-2-1-5(6)7/h4-7,9H,1-3H3;5-8H,1-4H3;1-4,10H. The van der Waals surface area contributed by atoms with E-state index in [1.54, 1.807) is 37.2 Å². The van der Waals surface area contributed by atoms with E-state index < -0.39 is 17.3 Å². The number of carbonyl (C=O) groups is 2. The van der Waals surface area contributed by atoms with Crippen LogP contribution in [0.1, 0.15) is 64.2 Å². The van der Waals surface area contributed by atoms with Gasteiger partial charge in [-0.25, -0.2) is 14.3 Å². The Morgan fingerprint density at radius 1 is 0.909 bits per heavy atom. The second-order valence-electron chi connectivity index (χ2n) is 12.1. The number of aromatic amines is 1. The number of pyridine rings is 3. The smallest absolute Gasteiger partial charge is 0.420 e. The Bertz CT molecular complexity index is 1830. The first-order chi connectivity index (χ1) is 20.6. The molecule has 230 valence electrons. The van der Waals surface area contributed by atoms with E-state index in [0.717, 1.165) is 36.5 Å². The fraction of sp³-hybridized carbons (Fsp3) is 0.303. The molecular formula is C33H35Br2N5O4. The van der Waals surface area contributed by atoms with Crippen LogP contribution in [0.25, 0.3) is 26.4 Å². The number of nitrogens with zero attached hydrogens (tertiary/aromatic N) is 4. The zero-order chi connectivity index (χ0) is 32.2. The highest BCUT2D eigenvalue weighted by Crippen LogP contribution is 2.39. The van der Waals surface area contributed by atoms with Crippen molar-refractivity contribution in [2.24, 2.45) is 0 Å². The third-order valence-corrected chi connectivity index (χ3v) is 7.55. The molecule has 6 rings (SSSR count). The number of carbonyl (C=O) groups excluding carboxylic acids is 2. The number of H-pyrrole nitrogens is 1. The van der Waals surface area contributed by atoms with Gasteiger partial charge in [-0.15, -0.1) is 0 Å². The summed E-state index contributed by atoms with van der Waals surface area (Å²) in [6, 6.07) is 7.66. The van der Waals surface area contributed by atoms with E-state index >= 15 is 0 Å². The molecule has 0 spiro atoms. The van der Waals surface area contributed by atoms with Gasteiger partial charge in [-0.05, 0) is 105 Å². The molecule has 0 aromatic carbocycles. The number of halogens is 2. The first-order valence-electron chi connectivity index (χ1n) is 13.9. The van der Waals surface area contributed by atoms with Crippen molar-refractivity contribution >= 4 is 70.3 Å². The molecule has 5 aromatic rings. The minimum absolute atomic E-state index is 0.235. The number of fused-ring (bicyclic) bond motifs is 3. The van der Waals surface area contributed by atoms with Gasteiger partial charge in [0.1, 0.15) is 22.8 Å². The van der Waals surface area contributed by atoms with E-state index in [4.69, 9.17) is 9.47 Å². The first-order valence-corrected chi connectivity index (χ1v) is 15.5. The maximum absolute atomic E-state index is 12.1. The topological polar surface area (TPSA) is 112 Å². The lowest BCUT2D eigenvalue weighted by atomic mass is 10.0. The summed E-state index contributed by atoms with van der Waals surface area (Å²) < 4.78 is 14.2. The molecule has 44 heavy (non-hydrogen) atoms. The number of nitrogens with one attached hydrogen (secondary N) is 1. The molecule has 1 aliphatic rings. The lowest BCUT2D eigenvalue weighted by Gasteiger charge is -2.21. The lowest BCUT2D eigenvalue weighted by molar-refractivity contribution is -0.155. The van der Waals surface area contributed by atoms with Crippen molar-refractivity contribution in [1.29, 1.82) is 0 Å². The molecule has 0 radical (unpaired) electrons. The highest BCUT2D eigenvalue weighted by atomic mass is 79.9. The molecule has 11 heteroatoms. The van der Waals surface area contributed by atoms with Gasteiger partial charge in [-0.2, -0.15) is 0 Å². The van der Waals surface area contributed by atoms with Gasteiger partial charge in [-0.3, -0.25) is 14.8 Å². The maximum Gasteiger partial charge on any atom is 0.420 e. The molecule has 5 aromatic heterocycles. The van der Waals surface area contributed by atoms with Crippen LogP contribution >= 0.6 is 31.9 Å². The van der Waals surface area contributed by atoms with E-state index in [2.05, 4.69) is 51.8 Å². The number of esters is 1. The minimum atomic E-state index is -0.504. The largest absolute Gasteiger partial charge is 0.459 e. The van der Waals surface area contributed by atoms with Gasteiger partial charge >= 0.3 is 12.1 Å². The van der Waals surface area contributed by atoms with E-state index in [1.807, 2.05) is 85.0 Å². The molecule has 5 heterocycles. The van der Waals surface area contributed by atoms with Crippen LogP contribution in [0.4, 0.5) is 4.79 Å². The zero-order valence-electron chi connectivity index (χ0n) is 25.7. The molecule has 0 fully saturated rings. The Morgan fingerprint density at radius 3 is 2.27 bits per heavy atom. The summed E-state index contributed by atoms with van der Waals surface area (Å²) in [4.78, 5) is 39.4. The summed E-state index contributed by atoms with van der Waals surface area (Å²) in [6.07, 6.45) is 13.8. The van der Waals surface area contributed by atoms with Crippen LogP contribution in [0, 0.1) is 6.92 Å². The maximum atomic E-state index is 12.1. The lowest BCUT2D eigenvalue weighted by Crippen LogP contribution is -2.26. The average Bonchev–Trinajstić information content (AvgIpc) is 3.61. The molecule has 1 aliphatic carbocycles. The Balaban J connectivity index is 0.000000156. The van der Waals surface area contributed by atoms with Gasteiger partial charge in [0.25, 0.3) is 0 Å². The summed E-state index contributed by atoms with van der Waals surface area (Å²) in [5, 5.41) is 2.15. The highest BCUT2D eigenvalue weighted by Gasteiger charge is 2.31. The molecule has 1 N–H and O–H groups in total. The van der Waals surface area contributed by atoms with Gasteiger partial charge in [0.2, 0.25) is 0 Å². The third kappa shape index (κ3) is 8.21. The molecular weight excluding hydrogens is 690 g/mol. The van der Waals surface area contributed by atoms with Crippen molar-refractivity contribution in [1.82, 2.24) is 24.5 Å². The number of hydrogen-bond donors (Lipinski definition) is 1. The fourth-order valence-corrected chi connectivity index (χ4v) is 5.45. The zero-order valence-corrected chi connectivity index (χ0v) is 28.9. The van der Waals surface area contributed by atoms with Crippen LogP contribution in [0.3, 0.4) is 0 Å². The summed E-state index contributed by atoms with van der Waals surface area (Å²) in [5.74, 6) is -0.589. The van der Waals surface area contributed by atoms with Crippen LogP contribution in [0.15, 0.2) is 78.2 Å². The fourth-order valence-electron chi connectivity index (χ4n) is 4.37. The van der Waals surface area contributed by atoms with Crippen LogP contribution in [-0.4, -0.2) is 47.8 Å². The molecule has 1 atom stereocenters. The number of ether oxygens (including phenoxy) is 2. The van der Waals surface area contributed by atoms with Gasteiger partial charge in [0.15, 0.2) is 0 Å². The predicted octanol–water partition coefficient (Wildman–Crippen LogP) is 8.71. The molecule has 0 bridgehead atoms. The van der Waals surface area contributed by atoms with Crippen LogP contribution in [-0.2, 0) is 14.3 Å². The van der Waals surface area contributed by atoms with Crippen molar-refractivity contribution in [3.63, 3.8) is 0 Å². The normalized spacial score (nSPS) is 14.1. The van der Waals surface area contributed by atoms with E-state index in [0.29, 0.717) is 5.65 Å². The highest BCUT2D eigenvalue weighted by molar-refractivity contribution is 9.15. The van der Waals surface area contributed by atoms with Crippen LogP contribution in [0.2, 0.25) is 0 Å². The number of hydrogen-bond acceptors (Lipinski definition) is 7. The monoisotopic (exact) mass is 723 g/mol. The summed E-state index contributed by atoms with van der Waals surface area (Å²) >= 11 is 6.86. The average molecular weight is 725 g/mol. The second kappa shape index (κ2) is 13.4. The van der Waals surface area contributed by atoms with E-state index in [9.17, 15) is 9.59 Å². The molecule has 0 aliphatic heterocycles. The molecule has 0 saturated heterocycles. The van der Waals surface area contributed by atoms with Crippen LogP contribution < -0.4 is 0 Å². The Labute approximate surface area is 273 Å². The van der Waals surface area contributed by atoms with Crippen molar-refractivity contribution in [2.45, 2.75) is 65.6 Å². The van der Waals surface area contributed by atoms with Gasteiger partial charge in [0.05, 0.1) is 11.7 Å². The Hall–Kier alpha value is -3.83. The summed E-state index contributed by atoms with van der Waals surface area (Å²) in [6.45, 7) is 13.1. The van der Waals surface area contributed by atoms with Crippen molar-refractivity contribution in [3.8, 4) is 0 Å². The van der Waals surface area contributed by atoms with Gasteiger partial charge < -0.3 is 14.5 Å². The minimum Gasteiger partial charge on any atom is -0.459 e. The number of aromatic nitrogens is 5. The quantitative estimate of drug-likeness (QED) is 0.172. The predicted molar refractivity (Wildman–Crippen MR) is 180 cm³/mol. The van der Waals surface area contributed by atoms with Gasteiger partial charge in [0, 0.05) is 56.9 Å². The molecule has 1 unspecified atom stereocenters. The van der Waals surface area contributed by atoms with E-state index in [-0.39, 0.29) is 11.9 Å². The Morgan fingerprint density at radius 2 is 1.59 bits per heavy atom. The van der Waals surface area contributed by atoms with Gasteiger partial charge in [-0.1, -0.05) is 22.0 Å². The molecule has 0 amide bonds. The summed E-state index contributed by atoms with van der Waals surface area (Å²) in [5.41, 5.74) is 3.65. The number of rotatable bonds is 1. The molecule has 9 nitrogen and oxygen atoms in total. The van der Waals surface area contributed by atoms with Crippen LogP contribution in [0.5, 0.6) is 0 Å².